The number of sulfone groups is 1. The maximum Gasteiger partial charge on any atom is 0.335 e. The van der Waals surface area contributed by atoms with Crippen LogP contribution in [0.5, 0.6) is 0 Å². The maximum atomic E-state index is 11.2. The fourth-order valence-electron chi connectivity index (χ4n) is 1.09. The lowest BCUT2D eigenvalue weighted by Crippen LogP contribution is -2.02. The summed E-state index contributed by atoms with van der Waals surface area (Å²) in [6, 6.07) is 4.03. The topological polar surface area (TPSA) is 71.4 Å². The zero-order valence-corrected chi connectivity index (χ0v) is 8.63. The van der Waals surface area contributed by atoms with Crippen molar-refractivity contribution in [2.45, 2.75) is 11.8 Å². The number of carbonyl (C=O) groups is 1. The molecule has 1 aromatic rings. The van der Waals surface area contributed by atoms with E-state index in [2.05, 4.69) is 0 Å². The Bertz CT molecular complexity index is 474. The van der Waals surface area contributed by atoms with Crippen LogP contribution in [-0.4, -0.2) is 25.7 Å². The third-order valence-corrected chi connectivity index (χ3v) is 2.82. The van der Waals surface area contributed by atoms with Crippen LogP contribution in [0.15, 0.2) is 23.1 Å². The normalized spacial score (nSPS) is 11.3. The van der Waals surface area contributed by atoms with E-state index in [1.165, 1.54) is 12.1 Å². The van der Waals surface area contributed by atoms with Gasteiger partial charge in [0.25, 0.3) is 0 Å². The highest BCUT2D eigenvalue weighted by atomic mass is 32.2. The van der Waals surface area contributed by atoms with Crippen molar-refractivity contribution >= 4 is 15.8 Å². The fraction of sp³-hybridized carbons (Fsp3) is 0.222. The zero-order chi connectivity index (χ0) is 10.9. The van der Waals surface area contributed by atoms with Crippen molar-refractivity contribution in [1.29, 1.82) is 0 Å². The fourth-order valence-corrected chi connectivity index (χ4v) is 1.83. The molecule has 0 aliphatic heterocycles. The van der Waals surface area contributed by atoms with E-state index in [4.69, 9.17) is 5.11 Å². The number of carboxylic acids is 1. The van der Waals surface area contributed by atoms with Crippen molar-refractivity contribution in [1.82, 2.24) is 0 Å². The third-order valence-electron chi connectivity index (χ3n) is 1.73. The van der Waals surface area contributed by atoms with E-state index >= 15 is 0 Å². The van der Waals surface area contributed by atoms with Gasteiger partial charge in [0.05, 0.1) is 10.5 Å². The summed E-state index contributed by atoms with van der Waals surface area (Å²) >= 11 is 0. The van der Waals surface area contributed by atoms with Gasteiger partial charge in [-0.3, -0.25) is 0 Å². The number of carboxylic acid groups (broad SMARTS) is 1. The Morgan fingerprint density at radius 2 is 1.86 bits per heavy atom. The molecule has 0 aliphatic rings. The number of aryl methyl sites for hydroxylation is 1. The van der Waals surface area contributed by atoms with Crippen molar-refractivity contribution in [2.75, 3.05) is 6.26 Å². The van der Waals surface area contributed by atoms with Crippen molar-refractivity contribution in [3.05, 3.63) is 29.3 Å². The lowest BCUT2D eigenvalue weighted by Gasteiger charge is -2.02. The molecule has 0 spiro atoms. The Balaban J connectivity index is 3.43. The smallest absolute Gasteiger partial charge is 0.335 e. The van der Waals surface area contributed by atoms with Gasteiger partial charge in [0.2, 0.25) is 0 Å². The second-order valence-corrected chi connectivity index (χ2v) is 5.13. The molecule has 0 heterocycles. The first-order valence-electron chi connectivity index (χ1n) is 3.86. The van der Waals surface area contributed by atoms with E-state index < -0.39 is 15.8 Å². The van der Waals surface area contributed by atoms with Crippen LogP contribution >= 0.6 is 0 Å². The predicted molar refractivity (Wildman–Crippen MR) is 51.2 cm³/mol. The summed E-state index contributed by atoms with van der Waals surface area (Å²) in [5, 5.41) is 8.70. The van der Waals surface area contributed by atoms with Gasteiger partial charge >= 0.3 is 5.97 Å². The van der Waals surface area contributed by atoms with Gasteiger partial charge in [0.1, 0.15) is 0 Å². The van der Waals surface area contributed by atoms with Crippen molar-refractivity contribution in [3.8, 4) is 0 Å². The minimum atomic E-state index is -3.34. The van der Waals surface area contributed by atoms with Crippen LogP contribution in [-0.2, 0) is 9.84 Å². The number of hydrogen-bond acceptors (Lipinski definition) is 3. The molecule has 1 rings (SSSR count). The van der Waals surface area contributed by atoms with Gasteiger partial charge in [0.15, 0.2) is 9.84 Å². The summed E-state index contributed by atoms with van der Waals surface area (Å²) in [5.74, 6) is -1.13. The Morgan fingerprint density at radius 3 is 2.29 bits per heavy atom. The zero-order valence-electron chi connectivity index (χ0n) is 7.81. The molecule has 76 valence electrons. The molecule has 0 bridgehead atoms. The van der Waals surface area contributed by atoms with Gasteiger partial charge in [-0.2, -0.15) is 0 Å². The van der Waals surface area contributed by atoms with Crippen LogP contribution < -0.4 is 0 Å². The van der Waals surface area contributed by atoms with Gasteiger partial charge in [-0.25, -0.2) is 13.2 Å². The molecule has 0 unspecified atom stereocenters. The Hall–Kier alpha value is -1.36. The first-order valence-corrected chi connectivity index (χ1v) is 5.75. The molecule has 14 heavy (non-hydrogen) atoms. The average Bonchev–Trinajstić information content (AvgIpc) is 2.01. The Labute approximate surface area is 82.1 Å². The average molecular weight is 214 g/mol. The Kier molecular flexibility index (Phi) is 2.62. The van der Waals surface area contributed by atoms with E-state index in [1.807, 2.05) is 0 Å². The van der Waals surface area contributed by atoms with Crippen LogP contribution in [0.3, 0.4) is 0 Å². The molecule has 0 aliphatic carbocycles. The quantitative estimate of drug-likeness (QED) is 0.800. The second-order valence-electron chi connectivity index (χ2n) is 3.11. The number of hydrogen-bond donors (Lipinski definition) is 1. The van der Waals surface area contributed by atoms with Crippen LogP contribution in [0.2, 0.25) is 0 Å². The van der Waals surface area contributed by atoms with Gasteiger partial charge in [-0.1, -0.05) is 0 Å². The molecule has 0 radical (unpaired) electrons. The van der Waals surface area contributed by atoms with Crippen LogP contribution in [0.1, 0.15) is 15.9 Å². The van der Waals surface area contributed by atoms with E-state index in [-0.39, 0.29) is 10.5 Å². The molecular weight excluding hydrogens is 204 g/mol. The van der Waals surface area contributed by atoms with Gasteiger partial charge in [-0.05, 0) is 30.7 Å². The minimum Gasteiger partial charge on any atom is -0.478 e. The molecule has 0 aromatic heterocycles. The van der Waals surface area contributed by atoms with E-state index in [1.54, 1.807) is 6.92 Å². The first-order chi connectivity index (χ1) is 6.30. The molecule has 0 saturated carbocycles. The highest BCUT2D eigenvalue weighted by molar-refractivity contribution is 7.90. The standard InChI is InChI=1S/C9H10O4S/c1-6-3-7(9(10)11)5-8(4-6)14(2,12)13/h3-5H,1-2H3,(H,10,11). The van der Waals surface area contributed by atoms with Crippen LogP contribution in [0.4, 0.5) is 0 Å². The predicted octanol–water partition coefficient (Wildman–Crippen LogP) is 1.10. The summed E-state index contributed by atoms with van der Waals surface area (Å²) in [5.41, 5.74) is 0.607. The molecular formula is C9H10O4S. The van der Waals surface area contributed by atoms with Crippen LogP contribution in [0, 0.1) is 6.92 Å². The molecule has 0 amide bonds. The first kappa shape index (κ1) is 10.7. The number of aromatic carboxylic acids is 1. The molecule has 4 nitrogen and oxygen atoms in total. The van der Waals surface area contributed by atoms with Gasteiger partial charge in [0, 0.05) is 6.26 Å². The summed E-state index contributed by atoms with van der Waals surface area (Å²) in [6.07, 6.45) is 1.05. The van der Waals surface area contributed by atoms with Crippen LogP contribution in [0.25, 0.3) is 0 Å². The largest absolute Gasteiger partial charge is 0.478 e. The number of rotatable bonds is 2. The van der Waals surface area contributed by atoms with Gasteiger partial charge in [-0.15, -0.1) is 0 Å². The molecule has 0 atom stereocenters. The summed E-state index contributed by atoms with van der Waals surface area (Å²) in [7, 11) is -3.34. The van der Waals surface area contributed by atoms with E-state index in [0.29, 0.717) is 5.56 Å². The Morgan fingerprint density at radius 1 is 1.29 bits per heavy atom. The molecule has 0 saturated heterocycles. The summed E-state index contributed by atoms with van der Waals surface area (Å²) in [6.45, 7) is 1.65. The third kappa shape index (κ3) is 2.32. The highest BCUT2D eigenvalue weighted by Crippen LogP contribution is 2.14. The lowest BCUT2D eigenvalue weighted by atomic mass is 10.1. The van der Waals surface area contributed by atoms with E-state index in [9.17, 15) is 13.2 Å². The van der Waals surface area contributed by atoms with Crippen molar-refractivity contribution in [2.24, 2.45) is 0 Å². The second kappa shape index (κ2) is 3.42. The summed E-state index contributed by atoms with van der Waals surface area (Å²) < 4.78 is 22.3. The molecule has 1 N–H and O–H groups in total. The SMILES string of the molecule is Cc1cc(C(=O)O)cc(S(C)(=O)=O)c1. The minimum absolute atomic E-state index is 0.00887. The molecule has 5 heteroatoms. The number of benzene rings is 1. The maximum absolute atomic E-state index is 11.2. The van der Waals surface area contributed by atoms with E-state index in [0.717, 1.165) is 12.3 Å². The van der Waals surface area contributed by atoms with Gasteiger partial charge < -0.3 is 5.11 Å². The summed E-state index contributed by atoms with van der Waals surface area (Å²) in [4.78, 5) is 10.7. The molecule has 0 fully saturated rings. The van der Waals surface area contributed by atoms with Crippen molar-refractivity contribution < 1.29 is 18.3 Å². The monoisotopic (exact) mass is 214 g/mol. The lowest BCUT2D eigenvalue weighted by molar-refractivity contribution is 0.0696. The highest BCUT2D eigenvalue weighted by Gasteiger charge is 2.11. The van der Waals surface area contributed by atoms with Crippen molar-refractivity contribution in [3.63, 3.8) is 0 Å². The molecule has 1 aromatic carbocycles.